The number of piperazine rings is 1. The maximum absolute atomic E-state index is 3.64. The minimum Gasteiger partial charge on any atom is -0.311 e. The van der Waals surface area contributed by atoms with E-state index in [9.17, 15) is 0 Å². The first-order chi connectivity index (χ1) is 8.22. The van der Waals surface area contributed by atoms with E-state index in [0.717, 1.165) is 12.0 Å². The first-order valence-corrected chi connectivity index (χ1v) is 7.42. The molecule has 2 fully saturated rings. The van der Waals surface area contributed by atoms with Crippen molar-refractivity contribution in [1.29, 1.82) is 0 Å². The second kappa shape index (κ2) is 6.17. The summed E-state index contributed by atoms with van der Waals surface area (Å²) in [6, 6.07) is 1.43. The van der Waals surface area contributed by atoms with Crippen LogP contribution in [0, 0.1) is 5.92 Å². The Bertz CT molecular complexity index is 232. The molecule has 0 saturated carbocycles. The van der Waals surface area contributed by atoms with Gasteiger partial charge in [0.2, 0.25) is 0 Å². The van der Waals surface area contributed by atoms with Crippen LogP contribution in [-0.4, -0.2) is 61.2 Å². The highest BCUT2D eigenvalue weighted by Gasteiger charge is 2.28. The van der Waals surface area contributed by atoms with Gasteiger partial charge in [0.05, 0.1) is 0 Å². The van der Waals surface area contributed by atoms with E-state index >= 15 is 0 Å². The minimum absolute atomic E-state index is 0.716. The number of nitrogens with zero attached hydrogens (tertiary/aromatic N) is 2. The Morgan fingerprint density at radius 1 is 1.24 bits per heavy atom. The normalized spacial score (nSPS) is 36.5. The smallest absolute Gasteiger partial charge is 0.0193 e. The molecule has 3 nitrogen and oxygen atoms in total. The molecule has 2 aliphatic heterocycles. The molecular formula is C14H29N3. The molecule has 3 atom stereocenters. The van der Waals surface area contributed by atoms with E-state index in [1.54, 1.807) is 0 Å². The minimum atomic E-state index is 0.716. The van der Waals surface area contributed by atoms with Crippen molar-refractivity contribution in [3.63, 3.8) is 0 Å². The van der Waals surface area contributed by atoms with Crippen molar-refractivity contribution >= 4 is 0 Å². The highest BCUT2D eigenvalue weighted by atomic mass is 15.2. The summed E-state index contributed by atoms with van der Waals surface area (Å²) in [6.45, 7) is 14.5. The van der Waals surface area contributed by atoms with Gasteiger partial charge in [-0.15, -0.1) is 0 Å². The molecule has 0 aromatic heterocycles. The molecule has 0 aromatic carbocycles. The second-order valence-electron chi connectivity index (χ2n) is 5.86. The van der Waals surface area contributed by atoms with Gasteiger partial charge in [0.25, 0.3) is 0 Å². The predicted octanol–water partition coefficient (Wildman–Crippen LogP) is 1.40. The molecule has 3 heteroatoms. The summed E-state index contributed by atoms with van der Waals surface area (Å²) in [4.78, 5) is 5.31. The Hall–Kier alpha value is -0.120. The van der Waals surface area contributed by atoms with Crippen molar-refractivity contribution in [3.8, 4) is 0 Å². The number of nitrogens with one attached hydrogen (secondary N) is 1. The summed E-state index contributed by atoms with van der Waals surface area (Å²) in [7, 11) is 0. The molecule has 2 saturated heterocycles. The van der Waals surface area contributed by atoms with Gasteiger partial charge in [-0.05, 0) is 38.8 Å². The Labute approximate surface area is 107 Å². The molecule has 0 amide bonds. The maximum Gasteiger partial charge on any atom is 0.0193 e. The summed E-state index contributed by atoms with van der Waals surface area (Å²) in [6.07, 6.45) is 2.66. The molecule has 0 spiro atoms. The van der Waals surface area contributed by atoms with Crippen LogP contribution in [0.5, 0.6) is 0 Å². The SMILES string of the molecule is CCC1CN(CC2CCN(CC)C2)C(C)CN1. The van der Waals surface area contributed by atoms with E-state index < -0.39 is 0 Å². The van der Waals surface area contributed by atoms with Crippen LogP contribution in [0.3, 0.4) is 0 Å². The van der Waals surface area contributed by atoms with E-state index in [1.165, 1.54) is 52.1 Å². The number of rotatable bonds is 4. The molecule has 3 unspecified atom stereocenters. The van der Waals surface area contributed by atoms with Gasteiger partial charge in [0, 0.05) is 38.3 Å². The third-order valence-electron chi connectivity index (χ3n) is 4.58. The summed E-state index contributed by atoms with van der Waals surface area (Å²) in [5.41, 5.74) is 0. The molecule has 17 heavy (non-hydrogen) atoms. The quantitative estimate of drug-likeness (QED) is 0.800. The Kier molecular flexibility index (Phi) is 4.83. The van der Waals surface area contributed by atoms with E-state index in [1.807, 2.05) is 0 Å². The lowest BCUT2D eigenvalue weighted by atomic mass is 10.0. The van der Waals surface area contributed by atoms with Crippen LogP contribution >= 0.6 is 0 Å². The summed E-state index contributed by atoms with van der Waals surface area (Å²) >= 11 is 0. The fourth-order valence-corrected chi connectivity index (χ4v) is 3.20. The van der Waals surface area contributed by atoms with E-state index in [2.05, 4.69) is 35.9 Å². The molecule has 0 bridgehead atoms. The second-order valence-corrected chi connectivity index (χ2v) is 5.86. The predicted molar refractivity (Wildman–Crippen MR) is 73.3 cm³/mol. The van der Waals surface area contributed by atoms with Gasteiger partial charge in [-0.1, -0.05) is 13.8 Å². The van der Waals surface area contributed by atoms with Crippen LogP contribution in [0.25, 0.3) is 0 Å². The third-order valence-corrected chi connectivity index (χ3v) is 4.58. The zero-order valence-electron chi connectivity index (χ0n) is 11.8. The fourth-order valence-electron chi connectivity index (χ4n) is 3.20. The molecule has 2 aliphatic rings. The van der Waals surface area contributed by atoms with Crippen LogP contribution in [0.1, 0.15) is 33.6 Å². The topological polar surface area (TPSA) is 18.5 Å². The third kappa shape index (κ3) is 3.43. The molecule has 2 heterocycles. The summed E-state index contributed by atoms with van der Waals surface area (Å²) in [5.74, 6) is 0.910. The van der Waals surface area contributed by atoms with E-state index in [4.69, 9.17) is 0 Å². The van der Waals surface area contributed by atoms with Gasteiger partial charge < -0.3 is 10.2 Å². The first-order valence-electron chi connectivity index (χ1n) is 7.42. The number of likely N-dealkylation sites (tertiary alicyclic amines) is 1. The van der Waals surface area contributed by atoms with Gasteiger partial charge in [-0.25, -0.2) is 0 Å². The fraction of sp³-hybridized carbons (Fsp3) is 1.00. The van der Waals surface area contributed by atoms with Crippen LogP contribution in [-0.2, 0) is 0 Å². The summed E-state index contributed by atoms with van der Waals surface area (Å²) in [5, 5.41) is 3.64. The number of hydrogen-bond acceptors (Lipinski definition) is 3. The molecule has 100 valence electrons. The van der Waals surface area contributed by atoms with Crippen LogP contribution in [0.4, 0.5) is 0 Å². The highest BCUT2D eigenvalue weighted by molar-refractivity contribution is 4.86. The van der Waals surface area contributed by atoms with Crippen molar-refractivity contribution in [2.24, 2.45) is 5.92 Å². The van der Waals surface area contributed by atoms with Crippen molar-refractivity contribution in [2.45, 2.75) is 45.7 Å². The highest BCUT2D eigenvalue weighted by Crippen LogP contribution is 2.19. The first kappa shape index (κ1) is 13.3. The van der Waals surface area contributed by atoms with Crippen molar-refractivity contribution in [1.82, 2.24) is 15.1 Å². The lowest BCUT2D eigenvalue weighted by Crippen LogP contribution is -2.56. The van der Waals surface area contributed by atoms with Crippen LogP contribution in [0.15, 0.2) is 0 Å². The average molecular weight is 239 g/mol. The van der Waals surface area contributed by atoms with Crippen LogP contribution < -0.4 is 5.32 Å². The van der Waals surface area contributed by atoms with Gasteiger partial charge >= 0.3 is 0 Å². The van der Waals surface area contributed by atoms with Gasteiger partial charge in [0.15, 0.2) is 0 Å². The van der Waals surface area contributed by atoms with Gasteiger partial charge in [-0.3, -0.25) is 4.90 Å². The monoisotopic (exact) mass is 239 g/mol. The molecular weight excluding hydrogens is 210 g/mol. The van der Waals surface area contributed by atoms with Gasteiger partial charge in [-0.2, -0.15) is 0 Å². The Morgan fingerprint density at radius 3 is 2.71 bits per heavy atom. The molecule has 0 aliphatic carbocycles. The maximum atomic E-state index is 3.64. The zero-order chi connectivity index (χ0) is 12.3. The van der Waals surface area contributed by atoms with Crippen molar-refractivity contribution < 1.29 is 0 Å². The number of hydrogen-bond donors (Lipinski definition) is 1. The average Bonchev–Trinajstić information content (AvgIpc) is 2.80. The summed E-state index contributed by atoms with van der Waals surface area (Å²) < 4.78 is 0. The van der Waals surface area contributed by atoms with Crippen molar-refractivity contribution in [2.75, 3.05) is 39.3 Å². The van der Waals surface area contributed by atoms with Crippen LogP contribution in [0.2, 0.25) is 0 Å². The Morgan fingerprint density at radius 2 is 2.06 bits per heavy atom. The molecule has 0 radical (unpaired) electrons. The lowest BCUT2D eigenvalue weighted by Gasteiger charge is -2.39. The Balaban J connectivity index is 1.80. The van der Waals surface area contributed by atoms with Gasteiger partial charge in [0.1, 0.15) is 0 Å². The molecule has 0 aromatic rings. The van der Waals surface area contributed by atoms with E-state index in [-0.39, 0.29) is 0 Å². The zero-order valence-corrected chi connectivity index (χ0v) is 11.8. The van der Waals surface area contributed by atoms with E-state index in [0.29, 0.717) is 6.04 Å². The molecule has 2 rings (SSSR count). The van der Waals surface area contributed by atoms with Crippen molar-refractivity contribution in [3.05, 3.63) is 0 Å². The lowest BCUT2D eigenvalue weighted by molar-refractivity contribution is 0.119. The largest absolute Gasteiger partial charge is 0.311 e. The standard InChI is InChI=1S/C14H29N3/c1-4-14-11-17(12(3)8-15-14)10-13-6-7-16(5-2)9-13/h12-15H,4-11H2,1-3H3. The molecule has 1 N–H and O–H groups in total.